The Hall–Kier alpha value is -1.85. The molecule has 92 valence electrons. The first kappa shape index (κ1) is 11.6. The third kappa shape index (κ3) is 2.46. The first-order chi connectivity index (χ1) is 8.08. The van der Waals surface area contributed by atoms with Crippen LogP contribution in [0.15, 0.2) is 0 Å². The highest BCUT2D eigenvalue weighted by Gasteiger charge is 2.18. The van der Waals surface area contributed by atoms with Gasteiger partial charge in [-0.25, -0.2) is 4.98 Å². The zero-order valence-electron chi connectivity index (χ0n) is 9.81. The van der Waals surface area contributed by atoms with Gasteiger partial charge in [-0.05, 0) is 19.8 Å². The second kappa shape index (κ2) is 4.57. The van der Waals surface area contributed by atoms with Gasteiger partial charge in [-0.3, -0.25) is 4.79 Å². The second-order valence-electron chi connectivity index (χ2n) is 4.24. The van der Waals surface area contributed by atoms with Crippen molar-refractivity contribution in [2.75, 3.05) is 23.7 Å². The lowest BCUT2D eigenvalue weighted by molar-refractivity contribution is -0.136. The van der Waals surface area contributed by atoms with Crippen molar-refractivity contribution in [3.05, 3.63) is 11.3 Å². The Labute approximate surface area is 99.5 Å². The fourth-order valence-electron chi connectivity index (χ4n) is 2.03. The normalized spacial score (nSPS) is 15.2. The zero-order valence-corrected chi connectivity index (χ0v) is 9.81. The smallest absolute Gasteiger partial charge is 0.308 e. The maximum absolute atomic E-state index is 10.7. The quantitative estimate of drug-likeness (QED) is 0.798. The van der Waals surface area contributed by atoms with Crippen molar-refractivity contribution >= 4 is 17.7 Å². The zero-order chi connectivity index (χ0) is 12.4. The van der Waals surface area contributed by atoms with E-state index in [1.54, 1.807) is 6.92 Å². The highest BCUT2D eigenvalue weighted by atomic mass is 16.4. The van der Waals surface area contributed by atoms with Gasteiger partial charge in [0.05, 0.1) is 6.42 Å². The van der Waals surface area contributed by atoms with Crippen LogP contribution in [0.3, 0.4) is 0 Å². The number of nitrogens with two attached hydrogens (primary N) is 1. The number of carboxylic acids is 1. The average Bonchev–Trinajstić information content (AvgIpc) is 2.76. The number of nitrogen functional groups attached to an aromatic ring is 1. The van der Waals surface area contributed by atoms with Gasteiger partial charge in [0.1, 0.15) is 5.82 Å². The SMILES string of the molecule is Cc1nc(N2CCCC2)nc(N)c1CC(=O)O. The number of hydrogen-bond donors (Lipinski definition) is 2. The van der Waals surface area contributed by atoms with Crippen LogP contribution < -0.4 is 10.6 Å². The summed E-state index contributed by atoms with van der Waals surface area (Å²) in [5.74, 6) is -0.0224. The van der Waals surface area contributed by atoms with Gasteiger partial charge in [0, 0.05) is 24.3 Å². The molecule has 0 radical (unpaired) electrons. The van der Waals surface area contributed by atoms with E-state index in [9.17, 15) is 4.79 Å². The van der Waals surface area contributed by atoms with Crippen molar-refractivity contribution in [1.29, 1.82) is 0 Å². The number of hydrogen-bond acceptors (Lipinski definition) is 5. The molecular formula is C11H16N4O2. The molecule has 2 heterocycles. The topological polar surface area (TPSA) is 92.3 Å². The van der Waals surface area contributed by atoms with E-state index in [0.29, 0.717) is 17.2 Å². The van der Waals surface area contributed by atoms with Crippen molar-refractivity contribution in [3.63, 3.8) is 0 Å². The van der Waals surface area contributed by atoms with Gasteiger partial charge in [0.15, 0.2) is 0 Å². The lowest BCUT2D eigenvalue weighted by Gasteiger charge is -2.17. The number of carbonyl (C=O) groups is 1. The van der Waals surface area contributed by atoms with Crippen LogP contribution in [0.5, 0.6) is 0 Å². The van der Waals surface area contributed by atoms with Crippen molar-refractivity contribution in [1.82, 2.24) is 9.97 Å². The maximum atomic E-state index is 10.7. The fraction of sp³-hybridized carbons (Fsp3) is 0.545. The molecule has 0 atom stereocenters. The lowest BCUT2D eigenvalue weighted by atomic mass is 10.1. The van der Waals surface area contributed by atoms with Gasteiger partial charge in [-0.1, -0.05) is 0 Å². The maximum Gasteiger partial charge on any atom is 0.308 e. The Balaban J connectivity index is 2.30. The summed E-state index contributed by atoms with van der Waals surface area (Å²) in [6.45, 7) is 3.66. The van der Waals surface area contributed by atoms with Crippen LogP contribution in [0.25, 0.3) is 0 Å². The number of aryl methyl sites for hydroxylation is 1. The average molecular weight is 236 g/mol. The summed E-state index contributed by atoms with van der Waals surface area (Å²) >= 11 is 0. The molecular weight excluding hydrogens is 220 g/mol. The molecule has 0 bridgehead atoms. The number of aliphatic carboxylic acids is 1. The molecule has 0 aliphatic carbocycles. The summed E-state index contributed by atoms with van der Waals surface area (Å²) in [5, 5.41) is 8.78. The van der Waals surface area contributed by atoms with Crippen LogP contribution in [0.4, 0.5) is 11.8 Å². The van der Waals surface area contributed by atoms with E-state index in [-0.39, 0.29) is 12.2 Å². The number of aromatic nitrogens is 2. The van der Waals surface area contributed by atoms with E-state index in [1.807, 2.05) is 0 Å². The minimum absolute atomic E-state index is 0.127. The number of carboxylic acid groups (broad SMARTS) is 1. The van der Waals surface area contributed by atoms with Crippen LogP contribution in [0, 0.1) is 6.92 Å². The van der Waals surface area contributed by atoms with E-state index < -0.39 is 5.97 Å². The monoisotopic (exact) mass is 236 g/mol. The van der Waals surface area contributed by atoms with E-state index in [2.05, 4.69) is 14.9 Å². The Morgan fingerprint density at radius 3 is 2.59 bits per heavy atom. The summed E-state index contributed by atoms with van der Waals surface area (Å²) in [4.78, 5) is 21.3. The summed E-state index contributed by atoms with van der Waals surface area (Å²) < 4.78 is 0. The number of rotatable bonds is 3. The molecule has 0 saturated carbocycles. The third-order valence-corrected chi connectivity index (χ3v) is 2.95. The first-order valence-corrected chi connectivity index (χ1v) is 5.67. The molecule has 0 spiro atoms. The predicted octanol–water partition coefficient (Wildman–Crippen LogP) is 0.595. The van der Waals surface area contributed by atoms with E-state index in [0.717, 1.165) is 25.9 Å². The van der Waals surface area contributed by atoms with Crippen molar-refractivity contribution in [3.8, 4) is 0 Å². The lowest BCUT2D eigenvalue weighted by Crippen LogP contribution is -2.22. The summed E-state index contributed by atoms with van der Waals surface area (Å²) in [6.07, 6.45) is 2.15. The van der Waals surface area contributed by atoms with Gasteiger partial charge in [0.2, 0.25) is 5.95 Å². The summed E-state index contributed by atoms with van der Waals surface area (Å²) in [6, 6.07) is 0. The third-order valence-electron chi connectivity index (χ3n) is 2.95. The minimum atomic E-state index is -0.919. The largest absolute Gasteiger partial charge is 0.481 e. The molecule has 1 aromatic rings. The molecule has 1 aliphatic heterocycles. The molecule has 1 fully saturated rings. The Morgan fingerprint density at radius 1 is 1.41 bits per heavy atom. The van der Waals surface area contributed by atoms with Gasteiger partial charge in [-0.2, -0.15) is 4.98 Å². The van der Waals surface area contributed by atoms with Crippen LogP contribution in [0.1, 0.15) is 24.1 Å². The van der Waals surface area contributed by atoms with Crippen molar-refractivity contribution in [2.24, 2.45) is 0 Å². The van der Waals surface area contributed by atoms with E-state index >= 15 is 0 Å². The van der Waals surface area contributed by atoms with Crippen molar-refractivity contribution in [2.45, 2.75) is 26.2 Å². The highest BCUT2D eigenvalue weighted by Crippen LogP contribution is 2.21. The minimum Gasteiger partial charge on any atom is -0.481 e. The van der Waals surface area contributed by atoms with Crippen LogP contribution in [0.2, 0.25) is 0 Å². The molecule has 3 N–H and O–H groups in total. The Morgan fingerprint density at radius 2 is 2.06 bits per heavy atom. The van der Waals surface area contributed by atoms with Gasteiger partial charge < -0.3 is 15.7 Å². The molecule has 0 unspecified atom stereocenters. The van der Waals surface area contributed by atoms with Crippen LogP contribution in [-0.2, 0) is 11.2 Å². The van der Waals surface area contributed by atoms with Crippen LogP contribution in [-0.4, -0.2) is 34.1 Å². The van der Waals surface area contributed by atoms with E-state index in [4.69, 9.17) is 10.8 Å². The van der Waals surface area contributed by atoms with Gasteiger partial charge in [0.25, 0.3) is 0 Å². The molecule has 0 amide bonds. The Kier molecular flexibility index (Phi) is 3.12. The molecule has 1 saturated heterocycles. The molecule has 1 aliphatic rings. The standard InChI is InChI=1S/C11H16N4O2/c1-7-8(6-9(16)17)10(12)14-11(13-7)15-4-2-3-5-15/h2-6H2,1H3,(H,16,17)(H2,12,13,14). The molecule has 0 aromatic carbocycles. The van der Waals surface area contributed by atoms with E-state index in [1.165, 1.54) is 0 Å². The molecule has 17 heavy (non-hydrogen) atoms. The number of nitrogens with zero attached hydrogens (tertiary/aromatic N) is 3. The fourth-order valence-corrected chi connectivity index (χ4v) is 2.03. The molecule has 6 nitrogen and oxygen atoms in total. The number of anilines is 2. The van der Waals surface area contributed by atoms with Gasteiger partial charge >= 0.3 is 5.97 Å². The molecule has 1 aromatic heterocycles. The highest BCUT2D eigenvalue weighted by molar-refractivity contribution is 5.72. The van der Waals surface area contributed by atoms with Crippen molar-refractivity contribution < 1.29 is 9.90 Å². The summed E-state index contributed by atoms with van der Waals surface area (Å²) in [7, 11) is 0. The van der Waals surface area contributed by atoms with Crippen LogP contribution >= 0.6 is 0 Å². The first-order valence-electron chi connectivity index (χ1n) is 5.67. The van der Waals surface area contributed by atoms with Gasteiger partial charge in [-0.15, -0.1) is 0 Å². The molecule has 2 rings (SSSR count). The molecule has 6 heteroatoms. The summed E-state index contributed by atoms with van der Waals surface area (Å²) in [5.41, 5.74) is 6.97. The Bertz CT molecular complexity index is 418. The second-order valence-corrected chi connectivity index (χ2v) is 4.24. The predicted molar refractivity (Wildman–Crippen MR) is 64.0 cm³/mol.